The van der Waals surface area contributed by atoms with Gasteiger partial charge in [-0.25, -0.2) is 8.42 Å². The normalized spacial score (nSPS) is 11.9. The average molecular weight is 528 g/mol. The summed E-state index contributed by atoms with van der Waals surface area (Å²) in [7, 11) is -3.94. The first-order chi connectivity index (χ1) is 18.1. The van der Waals surface area contributed by atoms with Crippen LogP contribution in [-0.2, 0) is 10.0 Å². The fraction of sp³-hybridized carbons (Fsp3) is 0.133. The highest BCUT2D eigenvalue weighted by Crippen LogP contribution is 2.23. The third-order valence-corrected chi connectivity index (χ3v) is 7.63. The third-order valence-electron chi connectivity index (χ3n) is 6.11. The average Bonchev–Trinajstić information content (AvgIpc) is 2.90. The third kappa shape index (κ3) is 6.27. The molecule has 1 atom stereocenters. The molecule has 0 saturated heterocycles. The maximum Gasteiger partial charge on any atom is 0.262 e. The van der Waals surface area contributed by atoms with Gasteiger partial charge in [0.05, 0.1) is 22.2 Å². The number of hydrogen-bond acceptors (Lipinski definition) is 4. The van der Waals surface area contributed by atoms with Gasteiger partial charge < -0.3 is 10.6 Å². The van der Waals surface area contributed by atoms with Crippen molar-refractivity contribution in [2.24, 2.45) is 0 Å². The molecule has 0 aliphatic rings. The molecule has 0 aliphatic carbocycles. The van der Waals surface area contributed by atoms with Gasteiger partial charge in [-0.1, -0.05) is 66.2 Å². The van der Waals surface area contributed by atoms with Gasteiger partial charge in [0.15, 0.2) is 0 Å². The zero-order chi connectivity index (χ0) is 27.3. The molecule has 4 aromatic carbocycles. The fourth-order valence-electron chi connectivity index (χ4n) is 3.95. The summed E-state index contributed by atoms with van der Waals surface area (Å²) in [4.78, 5) is 26.2. The maximum absolute atomic E-state index is 13.2. The van der Waals surface area contributed by atoms with Crippen LogP contribution < -0.4 is 15.4 Å². The lowest BCUT2D eigenvalue weighted by Crippen LogP contribution is -2.28. The van der Waals surface area contributed by atoms with Crippen molar-refractivity contribution in [1.29, 1.82) is 0 Å². The first-order valence-corrected chi connectivity index (χ1v) is 13.6. The van der Waals surface area contributed by atoms with Crippen LogP contribution in [0.2, 0.25) is 0 Å². The second kappa shape index (κ2) is 11.3. The van der Waals surface area contributed by atoms with Crippen molar-refractivity contribution >= 4 is 33.2 Å². The topological polar surface area (TPSA) is 104 Å². The number of para-hydroxylation sites is 1. The molecule has 7 nitrogen and oxygen atoms in total. The Kier molecular flexibility index (Phi) is 7.93. The van der Waals surface area contributed by atoms with E-state index in [-0.39, 0.29) is 22.4 Å². The molecule has 2 amide bonds. The van der Waals surface area contributed by atoms with Crippen LogP contribution in [0, 0.1) is 13.8 Å². The van der Waals surface area contributed by atoms with Crippen molar-refractivity contribution in [2.75, 3.05) is 10.0 Å². The smallest absolute Gasteiger partial charge is 0.262 e. The lowest BCUT2D eigenvalue weighted by molar-refractivity contribution is 0.0940. The molecule has 0 unspecified atom stereocenters. The van der Waals surface area contributed by atoms with Crippen LogP contribution in [0.25, 0.3) is 0 Å². The number of carbonyl (C=O) groups excluding carboxylic acids is 2. The number of aryl methyl sites for hydroxylation is 2. The monoisotopic (exact) mass is 527 g/mol. The van der Waals surface area contributed by atoms with Crippen molar-refractivity contribution < 1.29 is 18.0 Å². The predicted octanol–water partition coefficient (Wildman–Crippen LogP) is 5.85. The van der Waals surface area contributed by atoms with Crippen LogP contribution in [0.15, 0.2) is 102 Å². The largest absolute Gasteiger partial charge is 0.345 e. The molecule has 0 fully saturated rings. The van der Waals surface area contributed by atoms with E-state index < -0.39 is 15.9 Å². The van der Waals surface area contributed by atoms with Crippen LogP contribution in [0.3, 0.4) is 0 Å². The van der Waals surface area contributed by atoms with Gasteiger partial charge in [-0.15, -0.1) is 0 Å². The number of sulfonamides is 1. The molecule has 3 N–H and O–H groups in total. The van der Waals surface area contributed by atoms with Gasteiger partial charge in [-0.3, -0.25) is 14.3 Å². The molecule has 4 aromatic rings. The van der Waals surface area contributed by atoms with Crippen LogP contribution >= 0.6 is 0 Å². The highest BCUT2D eigenvalue weighted by atomic mass is 32.2. The Bertz CT molecular complexity index is 1570. The summed E-state index contributed by atoms with van der Waals surface area (Å²) in [5.74, 6) is -0.875. The summed E-state index contributed by atoms with van der Waals surface area (Å²) < 4.78 is 28.8. The Morgan fingerprint density at radius 2 is 1.42 bits per heavy atom. The van der Waals surface area contributed by atoms with E-state index in [0.29, 0.717) is 22.5 Å². The van der Waals surface area contributed by atoms with Crippen molar-refractivity contribution in [2.45, 2.75) is 31.7 Å². The number of rotatable bonds is 8. The molecular formula is C30H29N3O4S. The first-order valence-electron chi connectivity index (χ1n) is 12.1. The molecule has 0 saturated carbocycles. The van der Waals surface area contributed by atoms with E-state index >= 15 is 0 Å². The fourth-order valence-corrected chi connectivity index (χ4v) is 5.28. The molecule has 194 valence electrons. The maximum atomic E-state index is 13.2. The minimum absolute atomic E-state index is 0.00607. The summed E-state index contributed by atoms with van der Waals surface area (Å²) in [5.41, 5.74) is 3.64. The van der Waals surface area contributed by atoms with Gasteiger partial charge in [0.25, 0.3) is 21.8 Å². The molecule has 0 aromatic heterocycles. The molecule has 0 radical (unpaired) electrons. The number of nitrogens with one attached hydrogen (secondary N) is 3. The van der Waals surface area contributed by atoms with Gasteiger partial charge in [-0.2, -0.15) is 0 Å². The second-order valence-electron chi connectivity index (χ2n) is 9.06. The first kappa shape index (κ1) is 26.6. The summed E-state index contributed by atoms with van der Waals surface area (Å²) in [6.45, 7) is 5.46. The highest BCUT2D eigenvalue weighted by molar-refractivity contribution is 7.92. The Labute approximate surface area is 223 Å². The molecule has 0 spiro atoms. The number of benzene rings is 4. The van der Waals surface area contributed by atoms with Gasteiger partial charge >= 0.3 is 0 Å². The summed E-state index contributed by atoms with van der Waals surface area (Å²) in [6, 6.07) is 27.4. The Morgan fingerprint density at radius 3 is 2.13 bits per heavy atom. The summed E-state index contributed by atoms with van der Waals surface area (Å²) in [5, 5.41) is 5.71. The number of hydrogen-bond donors (Lipinski definition) is 3. The van der Waals surface area contributed by atoms with Crippen molar-refractivity contribution in [3.8, 4) is 0 Å². The molecule has 0 bridgehead atoms. The van der Waals surface area contributed by atoms with Crippen LogP contribution in [0.5, 0.6) is 0 Å². The molecular weight excluding hydrogens is 498 g/mol. The number of anilines is 2. The zero-order valence-electron chi connectivity index (χ0n) is 21.4. The number of carbonyl (C=O) groups is 2. The van der Waals surface area contributed by atoms with Gasteiger partial charge in [-0.05, 0) is 68.3 Å². The van der Waals surface area contributed by atoms with Crippen LogP contribution in [0.4, 0.5) is 11.4 Å². The van der Waals surface area contributed by atoms with Gasteiger partial charge in [0, 0.05) is 11.3 Å². The van der Waals surface area contributed by atoms with E-state index in [2.05, 4.69) is 15.4 Å². The molecule has 38 heavy (non-hydrogen) atoms. The van der Waals surface area contributed by atoms with Crippen LogP contribution in [0.1, 0.15) is 50.4 Å². The lowest BCUT2D eigenvalue weighted by atomic mass is 10.1. The standard InChI is InChI=1S/C30H29N3O4S/c1-20-13-17-25(18-14-20)33-38(36,37)28-19-24(16-15-21(28)2)29(34)32-27-12-8-7-11-26(27)30(35)31-22(3)23-9-5-4-6-10-23/h4-19,22,33H,1-3H3,(H,31,35)(H,32,34)/t22-/m1/s1. The highest BCUT2D eigenvalue weighted by Gasteiger charge is 2.21. The molecule has 0 aliphatic heterocycles. The Morgan fingerprint density at radius 1 is 0.763 bits per heavy atom. The number of amides is 2. The van der Waals surface area contributed by atoms with E-state index in [1.165, 1.54) is 6.07 Å². The van der Waals surface area contributed by atoms with E-state index in [0.717, 1.165) is 11.1 Å². The minimum atomic E-state index is -3.94. The van der Waals surface area contributed by atoms with Gasteiger partial charge in [0.2, 0.25) is 0 Å². The van der Waals surface area contributed by atoms with E-state index in [1.807, 2.05) is 56.3 Å². The Hall–Kier alpha value is -4.43. The van der Waals surface area contributed by atoms with Gasteiger partial charge in [0.1, 0.15) is 0 Å². The predicted molar refractivity (Wildman–Crippen MR) is 150 cm³/mol. The SMILES string of the molecule is Cc1ccc(NS(=O)(=O)c2cc(C(=O)Nc3ccccc3C(=O)N[C@H](C)c3ccccc3)ccc2C)cc1. The van der Waals surface area contributed by atoms with E-state index in [1.54, 1.807) is 55.5 Å². The van der Waals surface area contributed by atoms with E-state index in [9.17, 15) is 18.0 Å². The second-order valence-corrected chi connectivity index (χ2v) is 10.7. The zero-order valence-corrected chi connectivity index (χ0v) is 22.2. The summed E-state index contributed by atoms with van der Waals surface area (Å²) >= 11 is 0. The van der Waals surface area contributed by atoms with E-state index in [4.69, 9.17) is 0 Å². The molecule has 4 rings (SSSR count). The quantitative estimate of drug-likeness (QED) is 0.267. The summed E-state index contributed by atoms with van der Waals surface area (Å²) in [6.07, 6.45) is 0. The molecule has 8 heteroatoms. The lowest BCUT2D eigenvalue weighted by Gasteiger charge is -2.17. The molecule has 0 heterocycles. The minimum Gasteiger partial charge on any atom is -0.345 e. The van der Waals surface area contributed by atoms with Crippen LogP contribution in [-0.4, -0.2) is 20.2 Å². The Balaban J connectivity index is 1.54. The van der Waals surface area contributed by atoms with Crippen molar-refractivity contribution in [1.82, 2.24) is 5.32 Å². The van der Waals surface area contributed by atoms with Crippen molar-refractivity contribution in [3.05, 3.63) is 125 Å². The van der Waals surface area contributed by atoms with Crippen molar-refractivity contribution in [3.63, 3.8) is 0 Å².